The van der Waals surface area contributed by atoms with Crippen molar-refractivity contribution >= 4 is 34.7 Å². The number of nitrogens with one attached hydrogen (secondary N) is 1. The molecule has 5 nitrogen and oxygen atoms in total. The molecular formula is C22H22ClN3O2. The Bertz CT molecular complexity index is 1010. The highest BCUT2D eigenvalue weighted by Crippen LogP contribution is 2.48. The van der Waals surface area contributed by atoms with Crippen molar-refractivity contribution in [3.63, 3.8) is 0 Å². The van der Waals surface area contributed by atoms with Gasteiger partial charge in [0.05, 0.1) is 23.6 Å². The van der Waals surface area contributed by atoms with Crippen LogP contribution in [0.4, 0.5) is 11.4 Å². The molecule has 1 aromatic heterocycles. The molecule has 0 fully saturated rings. The molecule has 1 aliphatic heterocycles. The summed E-state index contributed by atoms with van der Waals surface area (Å²) in [6, 6.07) is 8.64. The molecule has 1 aromatic carbocycles. The minimum absolute atomic E-state index is 0.0516. The zero-order valence-corrected chi connectivity index (χ0v) is 16.9. The van der Waals surface area contributed by atoms with Crippen molar-refractivity contribution in [3.8, 4) is 0 Å². The summed E-state index contributed by atoms with van der Waals surface area (Å²) >= 11 is 6.26. The maximum Gasteiger partial charge on any atom is 0.224 e. The topological polar surface area (TPSA) is 62.3 Å². The van der Waals surface area contributed by atoms with Gasteiger partial charge in [-0.3, -0.25) is 19.5 Å². The molecule has 2 aromatic rings. The maximum absolute atomic E-state index is 13.3. The zero-order chi connectivity index (χ0) is 20.1. The van der Waals surface area contributed by atoms with E-state index in [9.17, 15) is 9.59 Å². The summed E-state index contributed by atoms with van der Waals surface area (Å²) < 4.78 is 0. The fourth-order valence-electron chi connectivity index (χ4n) is 4.23. The van der Waals surface area contributed by atoms with E-state index in [1.165, 1.54) is 6.92 Å². The minimum atomic E-state index is -0.536. The van der Waals surface area contributed by atoms with E-state index in [1.54, 1.807) is 29.4 Å². The van der Waals surface area contributed by atoms with Gasteiger partial charge in [0, 0.05) is 35.8 Å². The van der Waals surface area contributed by atoms with Gasteiger partial charge in [-0.1, -0.05) is 37.6 Å². The third-order valence-electron chi connectivity index (χ3n) is 5.30. The molecule has 2 aliphatic rings. The van der Waals surface area contributed by atoms with Crippen molar-refractivity contribution in [2.75, 3.05) is 10.2 Å². The van der Waals surface area contributed by atoms with Crippen LogP contribution in [0.25, 0.3) is 0 Å². The van der Waals surface area contributed by atoms with E-state index in [-0.39, 0.29) is 17.1 Å². The second-order valence-electron chi connectivity index (χ2n) is 8.20. The fraction of sp³-hybridized carbons (Fsp3) is 0.318. The van der Waals surface area contributed by atoms with E-state index < -0.39 is 6.04 Å². The first-order valence-electron chi connectivity index (χ1n) is 9.29. The number of carbonyl (C=O) groups excluding carboxylic acids is 2. The number of hydrogen-bond donors (Lipinski definition) is 1. The van der Waals surface area contributed by atoms with Crippen LogP contribution in [-0.2, 0) is 9.59 Å². The summed E-state index contributed by atoms with van der Waals surface area (Å²) in [4.78, 5) is 32.0. The van der Waals surface area contributed by atoms with Crippen molar-refractivity contribution < 1.29 is 9.59 Å². The quantitative estimate of drug-likeness (QED) is 0.746. The molecule has 1 atom stereocenters. The molecule has 1 aliphatic carbocycles. The van der Waals surface area contributed by atoms with Crippen LogP contribution in [0.3, 0.4) is 0 Å². The smallest absolute Gasteiger partial charge is 0.224 e. The van der Waals surface area contributed by atoms with E-state index in [1.807, 2.05) is 18.2 Å². The number of allylic oxidation sites excluding steroid dienone is 1. The van der Waals surface area contributed by atoms with Crippen molar-refractivity contribution in [2.24, 2.45) is 5.41 Å². The standard InChI is InChI=1S/C22H22ClN3O2/c1-13(27)26-18-7-8-24-12-17(18)25-16-10-22(2,3)11-19(28)20(16)21(26)14-5-4-6-15(23)9-14/h4-9,12,21,25H,10-11H2,1-3H3. The molecule has 1 unspecified atom stereocenters. The zero-order valence-electron chi connectivity index (χ0n) is 16.1. The van der Waals surface area contributed by atoms with Gasteiger partial charge in [-0.25, -0.2) is 0 Å². The Balaban J connectivity index is 2.02. The highest BCUT2D eigenvalue weighted by molar-refractivity contribution is 6.30. The number of Topliss-reactive ketones (excluding diaryl/α,β-unsaturated/α-hetero) is 1. The van der Waals surface area contributed by atoms with E-state index in [2.05, 4.69) is 24.1 Å². The Kier molecular flexibility index (Phi) is 4.50. The molecule has 0 radical (unpaired) electrons. The van der Waals surface area contributed by atoms with Crippen LogP contribution in [0, 0.1) is 5.41 Å². The molecule has 0 bridgehead atoms. The summed E-state index contributed by atoms with van der Waals surface area (Å²) in [5.74, 6) is -0.0960. The summed E-state index contributed by atoms with van der Waals surface area (Å²) in [7, 11) is 0. The second-order valence-corrected chi connectivity index (χ2v) is 8.63. The number of hydrogen-bond acceptors (Lipinski definition) is 4. The van der Waals surface area contributed by atoms with Crippen molar-refractivity contribution in [3.05, 3.63) is 64.6 Å². The number of anilines is 2. The molecule has 1 N–H and O–H groups in total. The Hall–Kier alpha value is -2.66. The molecule has 1 amide bonds. The van der Waals surface area contributed by atoms with Crippen LogP contribution in [0.2, 0.25) is 5.02 Å². The van der Waals surface area contributed by atoms with Crippen LogP contribution in [-0.4, -0.2) is 16.7 Å². The van der Waals surface area contributed by atoms with E-state index >= 15 is 0 Å². The number of benzene rings is 1. The van der Waals surface area contributed by atoms with Crippen LogP contribution in [0.15, 0.2) is 54.0 Å². The SMILES string of the molecule is CC(=O)N1c2ccncc2NC2=C(C(=O)CC(C)(C)C2)C1c1cccc(Cl)c1. The average molecular weight is 396 g/mol. The molecule has 0 saturated carbocycles. The number of halogens is 1. The van der Waals surface area contributed by atoms with Crippen LogP contribution >= 0.6 is 11.6 Å². The number of pyridine rings is 1. The number of nitrogens with zero attached hydrogens (tertiary/aromatic N) is 2. The summed E-state index contributed by atoms with van der Waals surface area (Å²) in [6.07, 6.45) is 4.50. The predicted octanol–water partition coefficient (Wildman–Crippen LogP) is 4.90. The highest BCUT2D eigenvalue weighted by atomic mass is 35.5. The number of rotatable bonds is 1. The maximum atomic E-state index is 13.3. The lowest BCUT2D eigenvalue weighted by molar-refractivity contribution is -0.118. The first kappa shape index (κ1) is 18.7. The van der Waals surface area contributed by atoms with Crippen molar-refractivity contribution in [2.45, 2.75) is 39.7 Å². The third kappa shape index (κ3) is 3.20. The summed E-state index contributed by atoms with van der Waals surface area (Å²) in [5.41, 5.74) is 3.56. The monoisotopic (exact) mass is 395 g/mol. The number of ketones is 1. The Labute approximate surface area is 169 Å². The van der Waals surface area contributed by atoms with Crippen molar-refractivity contribution in [1.82, 2.24) is 4.98 Å². The molecule has 28 heavy (non-hydrogen) atoms. The predicted molar refractivity (Wildman–Crippen MR) is 110 cm³/mol. The third-order valence-corrected chi connectivity index (χ3v) is 5.53. The van der Waals surface area contributed by atoms with Gasteiger partial charge in [0.25, 0.3) is 0 Å². The number of amides is 1. The highest BCUT2D eigenvalue weighted by Gasteiger charge is 2.42. The fourth-order valence-corrected chi connectivity index (χ4v) is 4.43. The number of carbonyl (C=O) groups is 2. The normalized spacial score (nSPS) is 20.8. The number of fused-ring (bicyclic) bond motifs is 1. The first-order chi connectivity index (χ1) is 13.3. The molecule has 0 saturated heterocycles. The molecule has 6 heteroatoms. The lowest BCUT2D eigenvalue weighted by atomic mass is 9.73. The van der Waals surface area contributed by atoms with Gasteiger partial charge < -0.3 is 5.32 Å². The Morgan fingerprint density at radius 1 is 1.29 bits per heavy atom. The van der Waals surface area contributed by atoms with E-state index in [0.29, 0.717) is 29.1 Å². The molecule has 4 rings (SSSR count). The lowest BCUT2D eigenvalue weighted by Gasteiger charge is -2.36. The number of aromatic nitrogens is 1. The lowest BCUT2D eigenvalue weighted by Crippen LogP contribution is -2.38. The van der Waals surface area contributed by atoms with Gasteiger partial charge in [-0.15, -0.1) is 0 Å². The largest absolute Gasteiger partial charge is 0.356 e. The molecule has 144 valence electrons. The van der Waals surface area contributed by atoms with E-state index in [4.69, 9.17) is 11.6 Å². The van der Waals surface area contributed by atoms with Crippen LogP contribution < -0.4 is 10.2 Å². The van der Waals surface area contributed by atoms with Gasteiger partial charge in [-0.05, 0) is 35.6 Å². The Morgan fingerprint density at radius 3 is 2.79 bits per heavy atom. The minimum Gasteiger partial charge on any atom is -0.356 e. The van der Waals surface area contributed by atoms with Crippen LogP contribution in [0.5, 0.6) is 0 Å². The van der Waals surface area contributed by atoms with Gasteiger partial charge in [0.1, 0.15) is 0 Å². The van der Waals surface area contributed by atoms with Crippen molar-refractivity contribution in [1.29, 1.82) is 0 Å². The summed E-state index contributed by atoms with van der Waals surface area (Å²) in [5, 5.41) is 3.98. The molecule has 2 heterocycles. The van der Waals surface area contributed by atoms with E-state index in [0.717, 1.165) is 16.9 Å². The van der Waals surface area contributed by atoms with Gasteiger partial charge in [0.2, 0.25) is 5.91 Å². The average Bonchev–Trinajstić information content (AvgIpc) is 2.74. The van der Waals surface area contributed by atoms with Gasteiger partial charge in [-0.2, -0.15) is 0 Å². The first-order valence-corrected chi connectivity index (χ1v) is 9.67. The second kappa shape index (κ2) is 6.74. The Morgan fingerprint density at radius 2 is 2.07 bits per heavy atom. The van der Waals surface area contributed by atoms with Gasteiger partial charge >= 0.3 is 0 Å². The van der Waals surface area contributed by atoms with Gasteiger partial charge in [0.15, 0.2) is 5.78 Å². The summed E-state index contributed by atoms with van der Waals surface area (Å²) in [6.45, 7) is 5.69. The van der Waals surface area contributed by atoms with Crippen LogP contribution in [0.1, 0.15) is 45.2 Å². The molecular weight excluding hydrogens is 374 g/mol. The molecule has 0 spiro atoms.